The molecule has 126 valence electrons. The Morgan fingerprint density at radius 1 is 1.38 bits per heavy atom. The molecule has 3 heterocycles. The molecular formula is C16H19N5O3. The lowest BCUT2D eigenvalue weighted by atomic mass is 10.2. The highest BCUT2D eigenvalue weighted by molar-refractivity contribution is 5.93. The molecular weight excluding hydrogens is 310 g/mol. The maximum atomic E-state index is 12.2. The van der Waals surface area contributed by atoms with E-state index in [9.17, 15) is 4.79 Å². The molecule has 1 fully saturated rings. The summed E-state index contributed by atoms with van der Waals surface area (Å²) in [5.74, 6) is 0.431. The van der Waals surface area contributed by atoms with E-state index in [0.29, 0.717) is 17.9 Å². The van der Waals surface area contributed by atoms with E-state index < -0.39 is 0 Å². The van der Waals surface area contributed by atoms with Gasteiger partial charge < -0.3 is 20.1 Å². The quantitative estimate of drug-likeness (QED) is 0.798. The molecule has 0 bridgehead atoms. The van der Waals surface area contributed by atoms with Crippen molar-refractivity contribution < 1.29 is 14.3 Å². The lowest BCUT2D eigenvalue weighted by molar-refractivity contribution is 0.0949. The number of carbonyl (C=O) groups excluding carboxylic acids is 1. The Bertz CT molecular complexity index is 686. The number of rotatable bonds is 6. The normalized spacial score (nSPS) is 16.6. The molecule has 0 radical (unpaired) electrons. The first-order chi connectivity index (χ1) is 11.8. The van der Waals surface area contributed by atoms with Crippen LogP contribution in [0.15, 0.2) is 30.9 Å². The third-order valence-electron chi connectivity index (χ3n) is 3.69. The zero-order valence-corrected chi connectivity index (χ0v) is 13.4. The van der Waals surface area contributed by atoms with Crippen molar-refractivity contribution in [2.75, 3.05) is 20.2 Å². The second kappa shape index (κ2) is 7.69. The van der Waals surface area contributed by atoms with Gasteiger partial charge in [0.15, 0.2) is 0 Å². The third kappa shape index (κ3) is 3.96. The van der Waals surface area contributed by atoms with Crippen molar-refractivity contribution >= 4 is 5.91 Å². The van der Waals surface area contributed by atoms with Crippen LogP contribution in [-0.4, -0.2) is 47.2 Å². The minimum Gasteiger partial charge on any atom is -0.487 e. The Hall–Kier alpha value is -2.74. The van der Waals surface area contributed by atoms with Gasteiger partial charge >= 0.3 is 6.01 Å². The maximum Gasteiger partial charge on any atom is 0.316 e. The van der Waals surface area contributed by atoms with Gasteiger partial charge in [0.25, 0.3) is 5.91 Å². The number of hydrogen-bond acceptors (Lipinski definition) is 7. The molecule has 1 saturated heterocycles. The van der Waals surface area contributed by atoms with Crippen LogP contribution in [0.2, 0.25) is 0 Å². The van der Waals surface area contributed by atoms with Gasteiger partial charge in [0, 0.05) is 37.2 Å². The summed E-state index contributed by atoms with van der Waals surface area (Å²) in [7, 11) is 1.47. The van der Waals surface area contributed by atoms with Crippen molar-refractivity contribution in [3.63, 3.8) is 0 Å². The molecule has 2 aromatic rings. The molecule has 2 N–H and O–H groups in total. The lowest BCUT2D eigenvalue weighted by Crippen LogP contribution is -2.25. The molecule has 0 saturated carbocycles. The molecule has 0 aromatic carbocycles. The van der Waals surface area contributed by atoms with E-state index in [0.717, 1.165) is 25.1 Å². The minimum absolute atomic E-state index is 0.138. The zero-order chi connectivity index (χ0) is 16.8. The van der Waals surface area contributed by atoms with Crippen LogP contribution in [0.25, 0.3) is 0 Å². The van der Waals surface area contributed by atoms with E-state index in [-0.39, 0.29) is 18.0 Å². The van der Waals surface area contributed by atoms with Crippen LogP contribution in [0.3, 0.4) is 0 Å². The van der Waals surface area contributed by atoms with Gasteiger partial charge in [-0.25, -0.2) is 9.97 Å². The summed E-state index contributed by atoms with van der Waals surface area (Å²) in [6, 6.07) is 2.06. The van der Waals surface area contributed by atoms with Crippen LogP contribution >= 0.6 is 0 Å². The summed E-state index contributed by atoms with van der Waals surface area (Å²) in [4.78, 5) is 24.1. The fraction of sp³-hybridized carbons (Fsp3) is 0.375. The molecule has 1 atom stereocenters. The summed E-state index contributed by atoms with van der Waals surface area (Å²) in [6.07, 6.45) is 7.31. The Balaban J connectivity index is 1.62. The van der Waals surface area contributed by atoms with Crippen molar-refractivity contribution in [1.29, 1.82) is 0 Å². The number of aromatic nitrogens is 3. The predicted octanol–water partition coefficient (Wildman–Crippen LogP) is 0.551. The largest absolute Gasteiger partial charge is 0.487 e. The Labute approximate surface area is 139 Å². The summed E-state index contributed by atoms with van der Waals surface area (Å²) >= 11 is 0. The minimum atomic E-state index is -0.261. The van der Waals surface area contributed by atoms with E-state index >= 15 is 0 Å². The monoisotopic (exact) mass is 329 g/mol. The maximum absolute atomic E-state index is 12.2. The van der Waals surface area contributed by atoms with E-state index in [4.69, 9.17) is 9.47 Å². The van der Waals surface area contributed by atoms with E-state index in [2.05, 4.69) is 25.6 Å². The first kappa shape index (κ1) is 16.1. The van der Waals surface area contributed by atoms with Crippen molar-refractivity contribution in [2.45, 2.75) is 19.1 Å². The standard InChI is InChI=1S/C16H19N5O3/c1-23-16-20-7-12(8-21-16)15(22)19-6-11-2-4-18-10-14(11)24-13-3-5-17-9-13/h2,4,7-8,10,13,17H,3,5-6,9H2,1H3,(H,19,22)/t13-/m0/s1. The lowest BCUT2D eigenvalue weighted by Gasteiger charge is -2.15. The fourth-order valence-corrected chi connectivity index (χ4v) is 2.39. The molecule has 8 nitrogen and oxygen atoms in total. The third-order valence-corrected chi connectivity index (χ3v) is 3.69. The van der Waals surface area contributed by atoms with Gasteiger partial charge in [-0.05, 0) is 19.0 Å². The average Bonchev–Trinajstić information content (AvgIpc) is 3.14. The Kier molecular flexibility index (Phi) is 5.17. The van der Waals surface area contributed by atoms with Crippen LogP contribution in [0.5, 0.6) is 11.8 Å². The highest BCUT2D eigenvalue weighted by Gasteiger charge is 2.18. The van der Waals surface area contributed by atoms with Crippen molar-refractivity contribution in [3.8, 4) is 11.8 Å². The number of nitrogens with zero attached hydrogens (tertiary/aromatic N) is 3. The summed E-state index contributed by atoms with van der Waals surface area (Å²) in [5, 5.41) is 6.09. The molecule has 1 aliphatic heterocycles. The number of nitrogens with one attached hydrogen (secondary N) is 2. The van der Waals surface area contributed by atoms with Crippen LogP contribution in [0, 0.1) is 0 Å². The first-order valence-corrected chi connectivity index (χ1v) is 7.71. The second-order valence-electron chi connectivity index (χ2n) is 5.36. The highest BCUT2D eigenvalue weighted by Crippen LogP contribution is 2.19. The van der Waals surface area contributed by atoms with Crippen molar-refractivity contribution in [3.05, 3.63) is 42.0 Å². The van der Waals surface area contributed by atoms with Crippen LogP contribution in [0.1, 0.15) is 22.3 Å². The van der Waals surface area contributed by atoms with Gasteiger partial charge in [-0.3, -0.25) is 9.78 Å². The van der Waals surface area contributed by atoms with E-state index in [1.54, 1.807) is 12.4 Å². The molecule has 24 heavy (non-hydrogen) atoms. The summed E-state index contributed by atoms with van der Waals surface area (Å²) < 4.78 is 10.8. The summed E-state index contributed by atoms with van der Waals surface area (Å²) in [5.41, 5.74) is 1.24. The molecule has 8 heteroatoms. The summed E-state index contributed by atoms with van der Waals surface area (Å²) in [6.45, 7) is 2.11. The number of hydrogen-bond donors (Lipinski definition) is 2. The highest BCUT2D eigenvalue weighted by atomic mass is 16.5. The Morgan fingerprint density at radius 2 is 2.21 bits per heavy atom. The van der Waals surface area contributed by atoms with Crippen LogP contribution < -0.4 is 20.1 Å². The SMILES string of the molecule is COc1ncc(C(=O)NCc2ccncc2O[C@H]2CCNC2)cn1. The molecule has 3 rings (SSSR count). The molecule has 1 aliphatic rings. The number of methoxy groups -OCH3 is 1. The number of pyridine rings is 1. The number of carbonyl (C=O) groups is 1. The van der Waals surface area contributed by atoms with Gasteiger partial charge in [-0.2, -0.15) is 0 Å². The van der Waals surface area contributed by atoms with Gasteiger partial charge in [0.2, 0.25) is 0 Å². The average molecular weight is 329 g/mol. The molecule has 0 unspecified atom stereocenters. The topological polar surface area (TPSA) is 98.3 Å². The molecule has 1 amide bonds. The van der Waals surface area contributed by atoms with Crippen molar-refractivity contribution in [2.24, 2.45) is 0 Å². The molecule has 0 spiro atoms. The molecule has 2 aromatic heterocycles. The predicted molar refractivity (Wildman–Crippen MR) is 85.9 cm³/mol. The van der Waals surface area contributed by atoms with Gasteiger partial charge in [-0.1, -0.05) is 0 Å². The first-order valence-electron chi connectivity index (χ1n) is 7.71. The van der Waals surface area contributed by atoms with Crippen LogP contribution in [0.4, 0.5) is 0 Å². The van der Waals surface area contributed by atoms with E-state index in [1.165, 1.54) is 19.5 Å². The molecule has 0 aliphatic carbocycles. The number of amides is 1. The fourth-order valence-electron chi connectivity index (χ4n) is 2.39. The zero-order valence-electron chi connectivity index (χ0n) is 13.4. The van der Waals surface area contributed by atoms with E-state index in [1.807, 2.05) is 6.07 Å². The van der Waals surface area contributed by atoms with Gasteiger partial charge in [0.1, 0.15) is 11.9 Å². The number of ether oxygens (including phenoxy) is 2. The second-order valence-corrected chi connectivity index (χ2v) is 5.36. The van der Waals surface area contributed by atoms with Crippen molar-refractivity contribution in [1.82, 2.24) is 25.6 Å². The van der Waals surface area contributed by atoms with Gasteiger partial charge in [0.05, 0.1) is 18.9 Å². The van der Waals surface area contributed by atoms with Crippen LogP contribution in [-0.2, 0) is 6.54 Å². The van der Waals surface area contributed by atoms with Gasteiger partial charge in [-0.15, -0.1) is 0 Å². The Morgan fingerprint density at radius 3 is 2.92 bits per heavy atom. The smallest absolute Gasteiger partial charge is 0.316 e.